The molecule has 0 unspecified atom stereocenters. The van der Waals surface area contributed by atoms with E-state index in [1.54, 1.807) is 55.5 Å². The van der Waals surface area contributed by atoms with Gasteiger partial charge < -0.3 is 5.11 Å². The highest BCUT2D eigenvalue weighted by atomic mass is 19.1. The van der Waals surface area contributed by atoms with Gasteiger partial charge in [-0.2, -0.15) is 0 Å². The third kappa shape index (κ3) is 3.78. The first-order valence-electron chi connectivity index (χ1n) is 14.7. The fourth-order valence-corrected chi connectivity index (χ4v) is 8.06. The van der Waals surface area contributed by atoms with E-state index in [2.05, 4.69) is 0 Å². The maximum atomic E-state index is 14.8. The van der Waals surface area contributed by atoms with Crippen molar-refractivity contribution in [3.8, 4) is 5.75 Å². The number of hydrogen-bond donors (Lipinski definition) is 1. The van der Waals surface area contributed by atoms with Gasteiger partial charge in [0.2, 0.25) is 23.6 Å². The Morgan fingerprint density at radius 3 is 2.23 bits per heavy atom. The number of para-hydroxylation sites is 1. The highest BCUT2D eigenvalue weighted by molar-refractivity contribution is 6.25. The lowest BCUT2D eigenvalue weighted by Crippen LogP contribution is -2.48. The van der Waals surface area contributed by atoms with E-state index in [0.717, 1.165) is 17.6 Å². The van der Waals surface area contributed by atoms with Crippen LogP contribution < -0.4 is 9.80 Å². The number of aromatic hydroxyl groups is 1. The van der Waals surface area contributed by atoms with Gasteiger partial charge in [0.15, 0.2) is 11.6 Å². The number of phenolic OH excluding ortho intramolecular Hbond substituents is 1. The predicted molar refractivity (Wildman–Crippen MR) is 157 cm³/mol. The molecule has 8 heteroatoms. The first-order valence-corrected chi connectivity index (χ1v) is 14.7. The zero-order valence-electron chi connectivity index (χ0n) is 23.9. The average molecular weight is 579 g/mol. The third-order valence-corrected chi connectivity index (χ3v) is 10.2. The molecule has 3 aromatic carbocycles. The molecule has 1 saturated carbocycles. The van der Waals surface area contributed by atoms with Crippen molar-refractivity contribution >= 4 is 35.0 Å². The van der Waals surface area contributed by atoms with Crippen LogP contribution in [0.5, 0.6) is 5.75 Å². The number of nitrogens with zero attached hydrogens (tertiary/aromatic N) is 2. The average Bonchev–Trinajstić information content (AvgIpc) is 3.38. The Hall–Kier alpha value is -4.59. The molecular formula is C35H31FN2O5. The van der Waals surface area contributed by atoms with E-state index in [1.807, 2.05) is 25.1 Å². The topological polar surface area (TPSA) is 95.0 Å². The molecule has 2 aliphatic heterocycles. The molecule has 0 radical (unpaired) electrons. The van der Waals surface area contributed by atoms with Crippen molar-refractivity contribution < 1.29 is 28.7 Å². The van der Waals surface area contributed by atoms with Crippen molar-refractivity contribution in [1.82, 2.24) is 0 Å². The van der Waals surface area contributed by atoms with E-state index in [1.165, 1.54) is 21.9 Å². The number of imide groups is 2. The molecule has 0 aromatic heterocycles. The van der Waals surface area contributed by atoms with Crippen LogP contribution in [0.25, 0.3) is 0 Å². The second kappa shape index (κ2) is 9.73. The number of benzene rings is 3. The number of fused-ring (bicyclic) bond motifs is 4. The standard InChI is InChI=1S/C35H31FN2O5/c1-3-19-9-12-22(13-10-19)37-31(40)24-15-14-23-25(29(24)33(37)42)18-26-32(41)38(21-7-5-4-6-8-21)34(43)35(26,2)30(23)20-11-16-28(39)27(36)17-20/h4-14,16-17,24-26,29-30,39H,3,15,18H2,1-2H3/t24-,25+,26-,29-,30-,35+/m0/s1. The zero-order chi connectivity index (χ0) is 30.2. The minimum Gasteiger partial charge on any atom is -0.505 e. The van der Waals surface area contributed by atoms with Gasteiger partial charge in [-0.25, -0.2) is 9.29 Å². The molecule has 2 saturated heterocycles. The molecule has 4 aliphatic rings. The number of rotatable bonds is 4. The summed E-state index contributed by atoms with van der Waals surface area (Å²) in [5.74, 6) is -6.03. The summed E-state index contributed by atoms with van der Waals surface area (Å²) in [6.07, 6.45) is 3.28. The third-order valence-electron chi connectivity index (χ3n) is 10.2. The molecule has 1 N–H and O–H groups in total. The van der Waals surface area contributed by atoms with Crippen LogP contribution in [-0.4, -0.2) is 28.7 Å². The summed E-state index contributed by atoms with van der Waals surface area (Å²) >= 11 is 0. The molecule has 6 atom stereocenters. The van der Waals surface area contributed by atoms with Crippen molar-refractivity contribution in [2.24, 2.45) is 29.1 Å². The molecule has 3 fully saturated rings. The van der Waals surface area contributed by atoms with Gasteiger partial charge >= 0.3 is 0 Å². The fourth-order valence-electron chi connectivity index (χ4n) is 8.06. The van der Waals surface area contributed by atoms with E-state index < -0.39 is 46.6 Å². The molecule has 7 rings (SSSR count). The Bertz CT molecular complexity index is 1720. The number of hydrogen-bond acceptors (Lipinski definition) is 5. The second-order valence-corrected chi connectivity index (χ2v) is 12.2. The van der Waals surface area contributed by atoms with Crippen LogP contribution in [0.3, 0.4) is 0 Å². The van der Waals surface area contributed by atoms with Gasteiger partial charge in [0.25, 0.3) is 0 Å². The fraction of sp³-hybridized carbons (Fsp3) is 0.314. The van der Waals surface area contributed by atoms with Crippen LogP contribution >= 0.6 is 0 Å². The molecule has 0 spiro atoms. The summed E-state index contributed by atoms with van der Waals surface area (Å²) < 4.78 is 14.8. The van der Waals surface area contributed by atoms with Gasteiger partial charge in [0.05, 0.1) is 34.5 Å². The molecular weight excluding hydrogens is 547 g/mol. The monoisotopic (exact) mass is 578 g/mol. The highest BCUT2D eigenvalue weighted by Gasteiger charge is 2.67. The predicted octanol–water partition coefficient (Wildman–Crippen LogP) is 5.53. The van der Waals surface area contributed by atoms with E-state index >= 15 is 0 Å². The molecule has 2 heterocycles. The SMILES string of the molecule is CCc1ccc(N2C(=O)[C@H]3[C@H](CC=C4[C@H]3C[C@H]3C(=O)N(c5ccccc5)C(=O)[C@@]3(C)[C@H]4c3ccc(O)c(F)c3)C2=O)cc1. The summed E-state index contributed by atoms with van der Waals surface area (Å²) in [7, 11) is 0. The molecule has 2 aliphatic carbocycles. The summed E-state index contributed by atoms with van der Waals surface area (Å²) in [6.45, 7) is 3.78. The normalized spacial score (nSPS) is 29.8. The number of carbonyl (C=O) groups excluding carboxylic acids is 4. The minimum absolute atomic E-state index is 0.218. The molecule has 3 aromatic rings. The summed E-state index contributed by atoms with van der Waals surface area (Å²) in [5.41, 5.74) is 2.00. The summed E-state index contributed by atoms with van der Waals surface area (Å²) in [6, 6.07) is 20.1. The van der Waals surface area contributed by atoms with Crippen molar-refractivity contribution in [2.75, 3.05) is 9.80 Å². The van der Waals surface area contributed by atoms with Gasteiger partial charge in [0, 0.05) is 5.92 Å². The number of amides is 4. The minimum atomic E-state index is -1.27. The first kappa shape index (κ1) is 27.3. The maximum Gasteiger partial charge on any atom is 0.241 e. The lowest BCUT2D eigenvalue weighted by molar-refractivity contribution is -0.131. The van der Waals surface area contributed by atoms with Crippen LogP contribution in [0.2, 0.25) is 0 Å². The molecule has 43 heavy (non-hydrogen) atoms. The van der Waals surface area contributed by atoms with Crippen LogP contribution in [0, 0.1) is 34.9 Å². The number of carbonyl (C=O) groups is 4. The van der Waals surface area contributed by atoms with Gasteiger partial charge in [-0.3, -0.25) is 24.1 Å². The quantitative estimate of drug-likeness (QED) is 0.325. The van der Waals surface area contributed by atoms with Crippen molar-refractivity contribution in [3.05, 3.63) is 101 Å². The Kier molecular flexibility index (Phi) is 6.16. The van der Waals surface area contributed by atoms with Gasteiger partial charge in [-0.15, -0.1) is 0 Å². The van der Waals surface area contributed by atoms with Gasteiger partial charge in [0.1, 0.15) is 0 Å². The Morgan fingerprint density at radius 1 is 0.860 bits per heavy atom. The number of anilines is 2. The Balaban J connectivity index is 1.35. The smallest absolute Gasteiger partial charge is 0.241 e. The lowest BCUT2D eigenvalue weighted by Gasteiger charge is -2.49. The van der Waals surface area contributed by atoms with Crippen LogP contribution in [0.15, 0.2) is 84.4 Å². The zero-order valence-corrected chi connectivity index (χ0v) is 23.9. The first-order chi connectivity index (χ1) is 20.7. The number of allylic oxidation sites excluding steroid dienone is 2. The highest BCUT2D eigenvalue weighted by Crippen LogP contribution is 2.63. The Morgan fingerprint density at radius 2 is 1.56 bits per heavy atom. The van der Waals surface area contributed by atoms with E-state index in [9.17, 15) is 28.7 Å². The number of phenols is 1. The van der Waals surface area contributed by atoms with Crippen LogP contribution in [0.1, 0.15) is 43.7 Å². The van der Waals surface area contributed by atoms with Gasteiger partial charge in [-0.1, -0.05) is 55.0 Å². The summed E-state index contributed by atoms with van der Waals surface area (Å²) in [5, 5.41) is 9.96. The maximum absolute atomic E-state index is 14.8. The Labute approximate surface area is 248 Å². The van der Waals surface area contributed by atoms with Crippen LogP contribution in [0.4, 0.5) is 15.8 Å². The molecule has 218 valence electrons. The van der Waals surface area contributed by atoms with E-state index in [-0.39, 0.29) is 30.0 Å². The molecule has 4 amide bonds. The lowest BCUT2D eigenvalue weighted by atomic mass is 9.51. The van der Waals surface area contributed by atoms with Crippen molar-refractivity contribution in [2.45, 2.75) is 39.0 Å². The van der Waals surface area contributed by atoms with E-state index in [0.29, 0.717) is 23.4 Å². The molecule has 7 nitrogen and oxygen atoms in total. The largest absolute Gasteiger partial charge is 0.505 e. The van der Waals surface area contributed by atoms with Crippen molar-refractivity contribution in [1.29, 1.82) is 0 Å². The van der Waals surface area contributed by atoms with Crippen LogP contribution in [-0.2, 0) is 25.6 Å². The summed E-state index contributed by atoms with van der Waals surface area (Å²) in [4.78, 5) is 58.8. The van der Waals surface area contributed by atoms with E-state index in [4.69, 9.17) is 0 Å². The van der Waals surface area contributed by atoms with Crippen molar-refractivity contribution in [3.63, 3.8) is 0 Å². The molecule has 0 bridgehead atoms. The van der Waals surface area contributed by atoms with Gasteiger partial charge in [-0.05, 0) is 79.6 Å². The second-order valence-electron chi connectivity index (χ2n) is 12.2. The number of aryl methyl sites for hydroxylation is 1. The number of halogens is 1.